The number of hydrogen-bond acceptors (Lipinski definition) is 4. The van der Waals surface area contributed by atoms with E-state index in [1.165, 1.54) is 10.4 Å². The predicted octanol–water partition coefficient (Wildman–Crippen LogP) is 3.80. The highest BCUT2D eigenvalue weighted by Gasteiger charge is 2.06. The number of thiazole rings is 1. The van der Waals surface area contributed by atoms with Crippen LogP contribution < -0.4 is 15.4 Å². The molecule has 0 fully saturated rings. The van der Waals surface area contributed by atoms with Crippen LogP contribution in [0.4, 0.5) is 0 Å². The fourth-order valence-corrected chi connectivity index (χ4v) is 3.26. The van der Waals surface area contributed by atoms with Crippen LogP contribution in [0.3, 0.4) is 0 Å². The number of nitrogens with one attached hydrogen (secondary N) is 2. The highest BCUT2D eigenvalue weighted by atomic mass is 32.1. The minimum absolute atomic E-state index is 0.700. The summed E-state index contributed by atoms with van der Waals surface area (Å²) in [6.07, 6.45) is 2.22. The van der Waals surface area contributed by atoms with E-state index in [9.17, 15) is 0 Å². The molecule has 2 N–H and O–H groups in total. The maximum Gasteiger partial charge on any atom is 0.191 e. The topological polar surface area (TPSA) is 58.5 Å². The van der Waals surface area contributed by atoms with E-state index in [1.807, 2.05) is 26.0 Å². The van der Waals surface area contributed by atoms with Crippen molar-refractivity contribution in [1.29, 1.82) is 0 Å². The Morgan fingerprint density at radius 1 is 1.24 bits per heavy atom. The standard InChI is InChI=1S/C19H28N4OS/c1-5-6-10-24-17-9-7-8-16(11-17)12-21-19(20-4)22-13-18-14(2)23-15(3)25-18/h7-9,11H,5-6,10,12-13H2,1-4H3,(H2,20,21,22). The Labute approximate surface area is 154 Å². The van der Waals surface area contributed by atoms with E-state index in [0.29, 0.717) is 6.54 Å². The van der Waals surface area contributed by atoms with Crippen LogP contribution in [0.5, 0.6) is 5.75 Å². The van der Waals surface area contributed by atoms with Crippen molar-refractivity contribution in [2.45, 2.75) is 46.7 Å². The van der Waals surface area contributed by atoms with Crippen molar-refractivity contribution in [1.82, 2.24) is 15.6 Å². The number of ether oxygens (including phenoxy) is 1. The summed E-state index contributed by atoms with van der Waals surface area (Å²) < 4.78 is 5.76. The largest absolute Gasteiger partial charge is 0.494 e. The summed E-state index contributed by atoms with van der Waals surface area (Å²) >= 11 is 1.72. The van der Waals surface area contributed by atoms with Gasteiger partial charge in [0.15, 0.2) is 5.96 Å². The van der Waals surface area contributed by atoms with Crippen LogP contribution >= 0.6 is 11.3 Å². The van der Waals surface area contributed by atoms with Crippen molar-refractivity contribution in [3.05, 3.63) is 45.4 Å². The van der Waals surface area contributed by atoms with Gasteiger partial charge in [0.1, 0.15) is 5.75 Å². The number of aromatic nitrogens is 1. The van der Waals surface area contributed by atoms with E-state index in [1.54, 1.807) is 18.4 Å². The van der Waals surface area contributed by atoms with Crippen LogP contribution in [0, 0.1) is 13.8 Å². The van der Waals surface area contributed by atoms with E-state index >= 15 is 0 Å². The number of aryl methyl sites for hydroxylation is 2. The Morgan fingerprint density at radius 2 is 2.04 bits per heavy atom. The van der Waals surface area contributed by atoms with Crippen LogP contribution in [0.1, 0.15) is 40.9 Å². The minimum Gasteiger partial charge on any atom is -0.494 e. The molecule has 1 aromatic carbocycles. The molecular formula is C19H28N4OS. The molecule has 6 heteroatoms. The van der Waals surface area contributed by atoms with Gasteiger partial charge < -0.3 is 15.4 Å². The summed E-state index contributed by atoms with van der Waals surface area (Å²) in [4.78, 5) is 9.98. The fourth-order valence-electron chi connectivity index (χ4n) is 2.39. The second-order valence-corrected chi connectivity index (χ2v) is 7.16. The van der Waals surface area contributed by atoms with Gasteiger partial charge in [0, 0.05) is 18.5 Å². The maximum absolute atomic E-state index is 5.76. The highest BCUT2D eigenvalue weighted by Crippen LogP contribution is 2.16. The van der Waals surface area contributed by atoms with E-state index in [-0.39, 0.29) is 0 Å². The summed E-state index contributed by atoms with van der Waals surface area (Å²) in [5.74, 6) is 1.70. The molecule has 2 aromatic rings. The van der Waals surface area contributed by atoms with Gasteiger partial charge in [0.05, 0.1) is 23.9 Å². The summed E-state index contributed by atoms with van der Waals surface area (Å²) in [6.45, 7) is 8.44. The SMILES string of the molecule is CCCCOc1cccc(CNC(=NC)NCc2sc(C)nc2C)c1. The van der Waals surface area contributed by atoms with Gasteiger partial charge in [-0.1, -0.05) is 25.5 Å². The van der Waals surface area contributed by atoms with Crippen molar-refractivity contribution < 1.29 is 4.74 Å². The molecule has 0 saturated carbocycles. The van der Waals surface area contributed by atoms with Crippen molar-refractivity contribution >= 4 is 17.3 Å². The molecule has 0 saturated heterocycles. The lowest BCUT2D eigenvalue weighted by atomic mass is 10.2. The number of guanidine groups is 1. The number of benzene rings is 1. The number of hydrogen-bond donors (Lipinski definition) is 2. The van der Waals surface area contributed by atoms with Gasteiger partial charge in [-0.3, -0.25) is 4.99 Å². The highest BCUT2D eigenvalue weighted by molar-refractivity contribution is 7.11. The van der Waals surface area contributed by atoms with E-state index < -0.39 is 0 Å². The molecule has 0 spiro atoms. The summed E-state index contributed by atoms with van der Waals surface area (Å²) in [5, 5.41) is 7.78. The fraction of sp³-hybridized carbons (Fsp3) is 0.474. The zero-order chi connectivity index (χ0) is 18.1. The number of nitrogens with zero attached hydrogens (tertiary/aromatic N) is 2. The summed E-state index contributed by atoms with van der Waals surface area (Å²) in [6, 6.07) is 8.19. The zero-order valence-electron chi connectivity index (χ0n) is 15.6. The van der Waals surface area contributed by atoms with Crippen LogP contribution in [-0.4, -0.2) is 24.6 Å². The molecule has 0 bridgehead atoms. The average Bonchev–Trinajstić information content (AvgIpc) is 2.93. The molecule has 25 heavy (non-hydrogen) atoms. The van der Waals surface area contributed by atoms with E-state index in [0.717, 1.165) is 48.4 Å². The molecule has 136 valence electrons. The second-order valence-electron chi connectivity index (χ2n) is 5.87. The van der Waals surface area contributed by atoms with Crippen LogP contribution in [0.2, 0.25) is 0 Å². The van der Waals surface area contributed by atoms with Crippen molar-refractivity contribution in [3.63, 3.8) is 0 Å². The second kappa shape index (κ2) is 10.0. The smallest absolute Gasteiger partial charge is 0.191 e. The summed E-state index contributed by atoms with van der Waals surface area (Å²) in [7, 11) is 1.78. The van der Waals surface area contributed by atoms with Crippen molar-refractivity contribution in [2.75, 3.05) is 13.7 Å². The van der Waals surface area contributed by atoms with E-state index in [4.69, 9.17) is 4.74 Å². The van der Waals surface area contributed by atoms with Crippen LogP contribution in [0.15, 0.2) is 29.3 Å². The first-order valence-corrected chi connectivity index (χ1v) is 9.53. The molecular weight excluding hydrogens is 332 g/mol. The normalized spacial score (nSPS) is 11.4. The van der Waals surface area contributed by atoms with Crippen LogP contribution in [0.25, 0.3) is 0 Å². The minimum atomic E-state index is 0.700. The first-order chi connectivity index (χ1) is 12.1. The number of unbranched alkanes of at least 4 members (excludes halogenated alkanes) is 1. The van der Waals surface area contributed by atoms with Gasteiger partial charge >= 0.3 is 0 Å². The summed E-state index contributed by atoms with van der Waals surface area (Å²) in [5.41, 5.74) is 2.25. The Hall–Kier alpha value is -2.08. The average molecular weight is 361 g/mol. The van der Waals surface area contributed by atoms with Crippen LogP contribution in [-0.2, 0) is 13.1 Å². The Morgan fingerprint density at radius 3 is 2.72 bits per heavy atom. The predicted molar refractivity (Wildman–Crippen MR) is 105 cm³/mol. The number of rotatable bonds is 8. The zero-order valence-corrected chi connectivity index (χ0v) is 16.4. The van der Waals surface area contributed by atoms with Crippen molar-refractivity contribution in [3.8, 4) is 5.75 Å². The molecule has 0 aliphatic carbocycles. The van der Waals surface area contributed by atoms with Gasteiger partial charge in [0.2, 0.25) is 0 Å². The third-order valence-electron chi connectivity index (χ3n) is 3.76. The van der Waals surface area contributed by atoms with Gasteiger partial charge in [0.25, 0.3) is 0 Å². The molecule has 1 heterocycles. The molecule has 5 nitrogen and oxygen atoms in total. The van der Waals surface area contributed by atoms with Gasteiger partial charge in [-0.2, -0.15) is 0 Å². The quantitative estimate of drug-likeness (QED) is 0.427. The lowest BCUT2D eigenvalue weighted by molar-refractivity contribution is 0.309. The van der Waals surface area contributed by atoms with Crippen molar-refractivity contribution in [2.24, 2.45) is 4.99 Å². The lowest BCUT2D eigenvalue weighted by Gasteiger charge is -2.12. The first-order valence-electron chi connectivity index (χ1n) is 8.71. The molecule has 0 aliphatic heterocycles. The number of aliphatic imine (C=N–C) groups is 1. The Balaban J connectivity index is 1.84. The van der Waals surface area contributed by atoms with E-state index in [2.05, 4.69) is 39.7 Å². The van der Waals surface area contributed by atoms with Gasteiger partial charge in [-0.25, -0.2) is 4.98 Å². The first kappa shape index (κ1) is 19.2. The van der Waals surface area contributed by atoms with Gasteiger partial charge in [-0.15, -0.1) is 11.3 Å². The third kappa shape index (κ3) is 6.38. The molecule has 0 atom stereocenters. The van der Waals surface area contributed by atoms with Gasteiger partial charge in [-0.05, 0) is 38.0 Å². The lowest BCUT2D eigenvalue weighted by Crippen LogP contribution is -2.36. The monoisotopic (exact) mass is 360 g/mol. The maximum atomic E-state index is 5.76. The molecule has 1 aromatic heterocycles. The third-order valence-corrected chi connectivity index (χ3v) is 4.84. The molecule has 0 aliphatic rings. The molecule has 0 unspecified atom stereocenters. The molecule has 0 amide bonds. The molecule has 2 rings (SSSR count). The Kier molecular flexibility index (Phi) is 7.73. The Bertz CT molecular complexity index is 696. The molecule has 0 radical (unpaired) electrons.